The summed E-state index contributed by atoms with van der Waals surface area (Å²) >= 11 is -2.07. The molecule has 0 aliphatic carbocycles. The van der Waals surface area contributed by atoms with Gasteiger partial charge in [-0.05, 0) is 75.9 Å². The molecule has 0 saturated heterocycles. The van der Waals surface area contributed by atoms with Crippen LogP contribution in [0, 0.1) is 38.2 Å². The van der Waals surface area contributed by atoms with Crippen LogP contribution in [0.1, 0.15) is 61.1 Å². The SMILES string of the molecule is Cc1cc(F)c(C)c(C)c1-c1cc(C(F)(F)F)c(F)c(C(CC(=O)O)N[S+]([O-])C(C)(C)C)c1F. The van der Waals surface area contributed by atoms with E-state index in [1.807, 2.05) is 0 Å². The van der Waals surface area contributed by atoms with Gasteiger partial charge in [0.1, 0.15) is 22.2 Å². The molecule has 2 unspecified atom stereocenters. The molecular weight excluding hydrogens is 484 g/mol. The van der Waals surface area contributed by atoms with Crippen molar-refractivity contribution >= 4 is 17.3 Å². The van der Waals surface area contributed by atoms with E-state index in [1.54, 1.807) is 0 Å². The maximum atomic E-state index is 15.8. The lowest BCUT2D eigenvalue weighted by molar-refractivity contribution is -0.140. The zero-order valence-electron chi connectivity index (χ0n) is 19.4. The molecule has 2 aromatic carbocycles. The number of halogens is 6. The molecule has 2 rings (SSSR count). The molecule has 34 heavy (non-hydrogen) atoms. The second-order valence-electron chi connectivity index (χ2n) is 8.96. The first kappa shape index (κ1) is 28.0. The minimum atomic E-state index is -5.25. The van der Waals surface area contributed by atoms with E-state index in [0.717, 1.165) is 6.07 Å². The molecule has 0 amide bonds. The Morgan fingerprint density at radius 1 is 1.06 bits per heavy atom. The first-order chi connectivity index (χ1) is 15.4. The molecule has 0 aliphatic heterocycles. The molecule has 188 valence electrons. The van der Waals surface area contributed by atoms with E-state index in [-0.39, 0.29) is 22.3 Å². The van der Waals surface area contributed by atoms with Gasteiger partial charge in [0.15, 0.2) is 0 Å². The van der Waals surface area contributed by atoms with E-state index in [4.69, 9.17) is 0 Å². The van der Waals surface area contributed by atoms with Crippen molar-refractivity contribution in [2.45, 2.75) is 64.9 Å². The molecule has 0 aromatic heterocycles. The summed E-state index contributed by atoms with van der Waals surface area (Å²) in [6, 6.07) is -0.574. The third-order valence-electron chi connectivity index (χ3n) is 5.38. The summed E-state index contributed by atoms with van der Waals surface area (Å²) < 4.78 is 100. The van der Waals surface area contributed by atoms with Crippen molar-refractivity contribution in [3.8, 4) is 11.1 Å². The summed E-state index contributed by atoms with van der Waals surface area (Å²) in [7, 11) is 0. The number of nitrogens with one attached hydrogen (secondary N) is 1. The highest BCUT2D eigenvalue weighted by Gasteiger charge is 2.41. The number of hydrogen-bond donors (Lipinski definition) is 2. The van der Waals surface area contributed by atoms with Crippen LogP contribution in [0.3, 0.4) is 0 Å². The van der Waals surface area contributed by atoms with E-state index >= 15 is 8.78 Å². The van der Waals surface area contributed by atoms with Crippen molar-refractivity contribution in [3.05, 3.63) is 57.4 Å². The van der Waals surface area contributed by atoms with Crippen molar-refractivity contribution in [1.82, 2.24) is 4.72 Å². The number of carbonyl (C=O) groups is 1. The number of carboxylic acid groups (broad SMARTS) is 1. The molecule has 11 heteroatoms. The van der Waals surface area contributed by atoms with Crippen LogP contribution in [0.15, 0.2) is 12.1 Å². The Labute approximate surface area is 196 Å². The van der Waals surface area contributed by atoms with Crippen molar-refractivity contribution in [3.63, 3.8) is 0 Å². The highest BCUT2D eigenvalue weighted by molar-refractivity contribution is 7.90. The lowest BCUT2D eigenvalue weighted by Crippen LogP contribution is -2.42. The normalized spacial score (nSPS) is 14.3. The fourth-order valence-electron chi connectivity index (χ4n) is 3.48. The third-order valence-corrected chi connectivity index (χ3v) is 6.99. The van der Waals surface area contributed by atoms with E-state index in [1.165, 1.54) is 41.5 Å². The molecular formula is C23H25F6NO3S. The van der Waals surface area contributed by atoms with Gasteiger partial charge in [-0.1, -0.05) is 0 Å². The number of carboxylic acids is 1. The quantitative estimate of drug-likeness (QED) is 0.355. The molecule has 0 radical (unpaired) electrons. The second-order valence-corrected chi connectivity index (χ2v) is 11.0. The van der Waals surface area contributed by atoms with Gasteiger partial charge in [-0.3, -0.25) is 4.79 Å². The van der Waals surface area contributed by atoms with Gasteiger partial charge in [0.05, 0.1) is 18.0 Å². The van der Waals surface area contributed by atoms with Crippen LogP contribution in [-0.2, 0) is 22.3 Å². The smallest absolute Gasteiger partial charge is 0.419 e. The van der Waals surface area contributed by atoms with Gasteiger partial charge in [-0.15, -0.1) is 4.72 Å². The van der Waals surface area contributed by atoms with Gasteiger partial charge >= 0.3 is 12.1 Å². The summed E-state index contributed by atoms with van der Waals surface area (Å²) in [6.07, 6.45) is -6.30. The Kier molecular flexibility index (Phi) is 8.06. The van der Waals surface area contributed by atoms with Crippen molar-refractivity contribution in [2.75, 3.05) is 0 Å². The Bertz CT molecular complexity index is 1110. The second kappa shape index (κ2) is 9.79. The van der Waals surface area contributed by atoms with Crippen LogP contribution in [0.2, 0.25) is 0 Å². The average Bonchev–Trinajstić information content (AvgIpc) is 2.65. The van der Waals surface area contributed by atoms with E-state index in [0.29, 0.717) is 6.07 Å². The van der Waals surface area contributed by atoms with Crippen LogP contribution >= 0.6 is 0 Å². The lowest BCUT2D eigenvalue weighted by Gasteiger charge is -2.29. The standard InChI is InChI=1S/C23H25F6NO3S/c1-10-7-15(24)11(2)12(3)18(10)13-8-14(23(27,28)29)21(26)19(20(13)25)16(9-17(31)32)30-34(33)22(4,5)6/h7-8,16,30H,9H2,1-6H3,(H,31,32). The zero-order valence-corrected chi connectivity index (χ0v) is 20.2. The predicted octanol–water partition coefficient (Wildman–Crippen LogP) is 6.28. The average molecular weight is 510 g/mol. The molecule has 2 N–H and O–H groups in total. The van der Waals surface area contributed by atoms with E-state index < -0.39 is 74.9 Å². The number of aryl methyl sites for hydroxylation is 1. The van der Waals surface area contributed by atoms with Crippen molar-refractivity contribution in [1.29, 1.82) is 0 Å². The minimum absolute atomic E-state index is 0.0634. The molecule has 0 spiro atoms. The first-order valence-electron chi connectivity index (χ1n) is 10.1. The molecule has 0 fully saturated rings. The summed E-state index contributed by atoms with van der Waals surface area (Å²) in [5.74, 6) is -5.69. The Hall–Kier alpha value is -2.24. The van der Waals surface area contributed by atoms with Crippen LogP contribution in [0.4, 0.5) is 26.3 Å². The van der Waals surface area contributed by atoms with Crippen LogP contribution in [0.25, 0.3) is 11.1 Å². The summed E-state index contributed by atoms with van der Waals surface area (Å²) in [5, 5.41) is 9.27. The number of alkyl halides is 3. The van der Waals surface area contributed by atoms with Gasteiger partial charge in [0, 0.05) is 22.5 Å². The molecule has 0 aliphatic rings. The Balaban J connectivity index is 2.95. The number of rotatable bonds is 6. The number of aliphatic carboxylic acids is 1. The van der Waals surface area contributed by atoms with Crippen LogP contribution in [0.5, 0.6) is 0 Å². The minimum Gasteiger partial charge on any atom is -0.598 e. The fourth-order valence-corrected chi connectivity index (χ4v) is 4.30. The van der Waals surface area contributed by atoms with E-state index in [9.17, 15) is 32.0 Å². The number of hydrogen-bond acceptors (Lipinski definition) is 3. The first-order valence-corrected chi connectivity index (χ1v) is 11.3. The Morgan fingerprint density at radius 2 is 1.62 bits per heavy atom. The molecule has 4 nitrogen and oxygen atoms in total. The molecule has 0 saturated carbocycles. The number of benzene rings is 2. The summed E-state index contributed by atoms with van der Waals surface area (Å²) in [6.45, 7) is 8.59. The lowest BCUT2D eigenvalue weighted by atomic mass is 9.88. The monoisotopic (exact) mass is 509 g/mol. The maximum absolute atomic E-state index is 15.8. The molecule has 0 heterocycles. The predicted molar refractivity (Wildman–Crippen MR) is 117 cm³/mol. The van der Waals surface area contributed by atoms with Gasteiger partial charge < -0.3 is 9.66 Å². The Morgan fingerprint density at radius 3 is 2.09 bits per heavy atom. The highest BCUT2D eigenvalue weighted by Crippen LogP contribution is 2.42. The summed E-state index contributed by atoms with van der Waals surface area (Å²) in [5.41, 5.74) is -3.46. The molecule has 2 aromatic rings. The van der Waals surface area contributed by atoms with Crippen molar-refractivity contribution < 1.29 is 40.8 Å². The van der Waals surface area contributed by atoms with Gasteiger partial charge in [-0.2, -0.15) is 13.2 Å². The fraction of sp³-hybridized carbons (Fsp3) is 0.435. The van der Waals surface area contributed by atoms with E-state index in [2.05, 4.69) is 4.72 Å². The van der Waals surface area contributed by atoms with Crippen molar-refractivity contribution in [2.24, 2.45) is 0 Å². The van der Waals surface area contributed by atoms with Gasteiger partial charge in [0.2, 0.25) is 0 Å². The largest absolute Gasteiger partial charge is 0.598 e. The molecule has 0 bridgehead atoms. The highest BCUT2D eigenvalue weighted by atomic mass is 32.2. The zero-order chi connectivity index (χ0) is 26.3. The van der Waals surface area contributed by atoms with Crippen LogP contribution in [-0.4, -0.2) is 20.4 Å². The summed E-state index contributed by atoms with van der Waals surface area (Å²) in [4.78, 5) is 11.4. The van der Waals surface area contributed by atoms with Crippen LogP contribution < -0.4 is 4.72 Å². The van der Waals surface area contributed by atoms with Gasteiger partial charge in [-0.25, -0.2) is 13.2 Å². The topological polar surface area (TPSA) is 72.4 Å². The third kappa shape index (κ3) is 5.69. The molecule has 2 atom stereocenters. The maximum Gasteiger partial charge on any atom is 0.419 e. The van der Waals surface area contributed by atoms with Gasteiger partial charge in [0.25, 0.3) is 0 Å².